The molecule has 0 bridgehead atoms. The highest BCUT2D eigenvalue weighted by atomic mass is 127. The number of aliphatic imine (C=N–C) groups is 1. The first-order chi connectivity index (χ1) is 14.6. The standard InChI is InChI=1S/C23H23N5O2.HI/c1-4-17-6-5-7-19(12-17)27-21(29)14-26-23(24-3)25-13-20-15-30-22(28-20)18-10-8-16(2)9-11-18;/h1,5-12,15H,13-14H2,2-3H3,(H,27,29)(H2,24,25,26);1H. The largest absolute Gasteiger partial charge is 0.444 e. The molecule has 3 rings (SSSR count). The molecule has 0 aliphatic rings. The zero-order valence-electron chi connectivity index (χ0n) is 17.3. The number of halogens is 1. The molecule has 7 nitrogen and oxygen atoms in total. The van der Waals surface area contributed by atoms with Crippen molar-refractivity contribution in [1.82, 2.24) is 15.6 Å². The Hall–Kier alpha value is -3.32. The van der Waals surface area contributed by atoms with Crippen LogP contribution in [0.4, 0.5) is 5.69 Å². The Labute approximate surface area is 198 Å². The molecule has 1 amide bonds. The molecule has 0 aliphatic carbocycles. The van der Waals surface area contributed by atoms with Gasteiger partial charge in [0.25, 0.3) is 0 Å². The molecule has 0 saturated heterocycles. The molecule has 31 heavy (non-hydrogen) atoms. The van der Waals surface area contributed by atoms with Crippen LogP contribution < -0.4 is 16.0 Å². The SMILES string of the molecule is C#Cc1cccc(NC(=O)CNC(=NC)NCc2coc(-c3ccc(C)cc3)n2)c1.I. The predicted octanol–water partition coefficient (Wildman–Crippen LogP) is 3.55. The number of amides is 1. The molecular formula is C23H24IN5O2. The molecule has 2 aromatic carbocycles. The van der Waals surface area contributed by atoms with Gasteiger partial charge in [-0.15, -0.1) is 30.4 Å². The minimum atomic E-state index is -0.213. The third kappa shape index (κ3) is 7.15. The van der Waals surface area contributed by atoms with Gasteiger partial charge in [-0.2, -0.15) is 0 Å². The van der Waals surface area contributed by atoms with Gasteiger partial charge in [0.2, 0.25) is 11.8 Å². The van der Waals surface area contributed by atoms with Gasteiger partial charge in [-0.3, -0.25) is 9.79 Å². The van der Waals surface area contributed by atoms with Crippen LogP contribution in [0.5, 0.6) is 0 Å². The zero-order chi connectivity index (χ0) is 21.3. The number of benzene rings is 2. The summed E-state index contributed by atoms with van der Waals surface area (Å²) >= 11 is 0. The number of rotatable bonds is 6. The van der Waals surface area contributed by atoms with Gasteiger partial charge in [0.1, 0.15) is 6.26 Å². The van der Waals surface area contributed by atoms with E-state index in [2.05, 4.69) is 31.8 Å². The van der Waals surface area contributed by atoms with E-state index < -0.39 is 0 Å². The van der Waals surface area contributed by atoms with E-state index in [1.54, 1.807) is 37.6 Å². The van der Waals surface area contributed by atoms with Crippen LogP contribution >= 0.6 is 24.0 Å². The topological polar surface area (TPSA) is 91.5 Å². The minimum absolute atomic E-state index is 0. The third-order valence-corrected chi connectivity index (χ3v) is 4.24. The van der Waals surface area contributed by atoms with Crippen molar-refractivity contribution in [2.75, 3.05) is 18.9 Å². The van der Waals surface area contributed by atoms with Gasteiger partial charge in [0.15, 0.2) is 5.96 Å². The normalized spacial score (nSPS) is 10.5. The van der Waals surface area contributed by atoms with Crippen molar-refractivity contribution in [3.8, 4) is 23.8 Å². The lowest BCUT2D eigenvalue weighted by molar-refractivity contribution is -0.115. The number of hydrogen-bond acceptors (Lipinski definition) is 4. The van der Waals surface area contributed by atoms with Crippen LogP contribution in [-0.4, -0.2) is 30.4 Å². The summed E-state index contributed by atoms with van der Waals surface area (Å²) in [4.78, 5) is 20.7. The summed E-state index contributed by atoms with van der Waals surface area (Å²) in [5.74, 6) is 3.36. The van der Waals surface area contributed by atoms with Crippen LogP contribution in [0.25, 0.3) is 11.5 Å². The second-order valence-corrected chi connectivity index (χ2v) is 6.56. The smallest absolute Gasteiger partial charge is 0.243 e. The average Bonchev–Trinajstić information content (AvgIpc) is 3.23. The molecule has 0 saturated carbocycles. The van der Waals surface area contributed by atoms with Gasteiger partial charge in [-0.25, -0.2) is 4.98 Å². The third-order valence-electron chi connectivity index (χ3n) is 4.24. The summed E-state index contributed by atoms with van der Waals surface area (Å²) in [6.45, 7) is 2.48. The lowest BCUT2D eigenvalue weighted by Crippen LogP contribution is -2.41. The lowest BCUT2D eigenvalue weighted by atomic mass is 10.1. The van der Waals surface area contributed by atoms with Gasteiger partial charge in [0.05, 0.1) is 18.8 Å². The van der Waals surface area contributed by atoms with Crippen molar-refractivity contribution < 1.29 is 9.21 Å². The number of nitrogens with one attached hydrogen (secondary N) is 3. The summed E-state index contributed by atoms with van der Waals surface area (Å²) in [6, 6.07) is 15.1. The molecule has 0 radical (unpaired) electrons. The van der Waals surface area contributed by atoms with E-state index in [4.69, 9.17) is 10.8 Å². The Morgan fingerprint density at radius 3 is 2.68 bits per heavy atom. The first-order valence-corrected chi connectivity index (χ1v) is 9.40. The van der Waals surface area contributed by atoms with Crippen molar-refractivity contribution >= 4 is 41.5 Å². The first kappa shape index (κ1) is 24.0. The fourth-order valence-corrected chi connectivity index (χ4v) is 2.67. The van der Waals surface area contributed by atoms with Crippen molar-refractivity contribution in [3.63, 3.8) is 0 Å². The van der Waals surface area contributed by atoms with Gasteiger partial charge in [-0.05, 0) is 37.3 Å². The number of carbonyl (C=O) groups is 1. The van der Waals surface area contributed by atoms with Gasteiger partial charge in [-0.1, -0.05) is 29.7 Å². The highest BCUT2D eigenvalue weighted by Gasteiger charge is 2.08. The number of aromatic nitrogens is 1. The molecule has 0 fully saturated rings. The maximum atomic E-state index is 12.2. The van der Waals surface area contributed by atoms with E-state index in [0.29, 0.717) is 29.6 Å². The van der Waals surface area contributed by atoms with Crippen molar-refractivity contribution in [1.29, 1.82) is 0 Å². The highest BCUT2D eigenvalue weighted by Crippen LogP contribution is 2.19. The zero-order valence-corrected chi connectivity index (χ0v) is 19.6. The van der Waals surface area contributed by atoms with Crippen molar-refractivity contribution in [3.05, 3.63) is 71.6 Å². The summed E-state index contributed by atoms with van der Waals surface area (Å²) in [5, 5.41) is 8.86. The number of carbonyl (C=O) groups excluding carboxylic acids is 1. The molecule has 0 atom stereocenters. The van der Waals surface area contributed by atoms with Crippen LogP contribution in [0.3, 0.4) is 0 Å². The number of nitrogens with zero attached hydrogens (tertiary/aromatic N) is 2. The maximum Gasteiger partial charge on any atom is 0.243 e. The average molecular weight is 529 g/mol. The number of aryl methyl sites for hydroxylation is 1. The lowest BCUT2D eigenvalue weighted by Gasteiger charge is -2.11. The molecule has 160 valence electrons. The summed E-state index contributed by atoms with van der Waals surface area (Å²) in [5.41, 5.74) is 4.17. The van der Waals surface area contributed by atoms with Gasteiger partial charge >= 0.3 is 0 Å². The number of anilines is 1. The number of hydrogen-bond donors (Lipinski definition) is 3. The molecule has 8 heteroatoms. The monoisotopic (exact) mass is 529 g/mol. The number of guanidine groups is 1. The highest BCUT2D eigenvalue weighted by molar-refractivity contribution is 14.0. The van der Waals surface area contributed by atoms with E-state index >= 15 is 0 Å². The van der Waals surface area contributed by atoms with E-state index in [0.717, 1.165) is 11.3 Å². The van der Waals surface area contributed by atoms with Crippen molar-refractivity contribution in [2.24, 2.45) is 4.99 Å². The second kappa shape index (κ2) is 11.8. The second-order valence-electron chi connectivity index (χ2n) is 6.56. The molecular weight excluding hydrogens is 505 g/mol. The number of oxazole rings is 1. The molecule has 0 unspecified atom stereocenters. The quantitative estimate of drug-likeness (QED) is 0.197. The van der Waals surface area contributed by atoms with E-state index in [9.17, 15) is 4.79 Å². The van der Waals surface area contributed by atoms with E-state index in [1.807, 2.05) is 31.2 Å². The molecule has 0 aliphatic heterocycles. The van der Waals surface area contributed by atoms with Crippen LogP contribution in [-0.2, 0) is 11.3 Å². The fourth-order valence-electron chi connectivity index (χ4n) is 2.67. The Balaban J connectivity index is 0.00000341. The summed E-state index contributed by atoms with van der Waals surface area (Å²) in [7, 11) is 1.63. The van der Waals surface area contributed by atoms with Crippen LogP contribution in [0, 0.1) is 19.3 Å². The Kier molecular flexibility index (Phi) is 9.09. The Morgan fingerprint density at radius 2 is 1.97 bits per heavy atom. The van der Waals surface area contributed by atoms with E-state index in [1.165, 1.54) is 5.56 Å². The van der Waals surface area contributed by atoms with Gasteiger partial charge in [0, 0.05) is 23.9 Å². The van der Waals surface area contributed by atoms with Crippen molar-refractivity contribution in [2.45, 2.75) is 13.5 Å². The minimum Gasteiger partial charge on any atom is -0.444 e. The summed E-state index contributed by atoms with van der Waals surface area (Å²) < 4.78 is 5.55. The predicted molar refractivity (Wildman–Crippen MR) is 133 cm³/mol. The maximum absolute atomic E-state index is 12.2. The molecule has 3 N–H and O–H groups in total. The summed E-state index contributed by atoms with van der Waals surface area (Å²) in [6.07, 6.45) is 6.97. The Bertz CT molecular complexity index is 1080. The fraction of sp³-hybridized carbons (Fsp3) is 0.174. The van der Waals surface area contributed by atoms with Crippen LogP contribution in [0.15, 0.2) is 64.2 Å². The van der Waals surface area contributed by atoms with Crippen LogP contribution in [0.2, 0.25) is 0 Å². The molecule has 1 aromatic heterocycles. The van der Waals surface area contributed by atoms with E-state index in [-0.39, 0.29) is 36.4 Å². The first-order valence-electron chi connectivity index (χ1n) is 9.40. The molecule has 1 heterocycles. The number of terminal acetylenes is 1. The molecule has 3 aromatic rings. The Morgan fingerprint density at radius 1 is 1.19 bits per heavy atom. The molecule has 0 spiro atoms. The van der Waals surface area contributed by atoms with Gasteiger partial charge < -0.3 is 20.4 Å². The van der Waals surface area contributed by atoms with Crippen LogP contribution in [0.1, 0.15) is 16.8 Å².